The second kappa shape index (κ2) is 6.28. The van der Waals surface area contributed by atoms with E-state index in [1.165, 1.54) is 0 Å². The van der Waals surface area contributed by atoms with Gasteiger partial charge in [0.05, 0.1) is 6.61 Å². The molecule has 2 nitrogen and oxygen atoms in total. The lowest BCUT2D eigenvalue weighted by Gasteiger charge is -1.94. The standard InChI is InChI=1S/C3H9FNOP/c1-6-3-2-5-7-4/h5,7H,2-3H2,1H3. The minimum atomic E-state index is -0.662. The van der Waals surface area contributed by atoms with Crippen LogP contribution in [0.1, 0.15) is 0 Å². The normalized spacial score (nSPS) is 11.1. The van der Waals surface area contributed by atoms with Crippen LogP contribution in [0.3, 0.4) is 0 Å². The summed E-state index contributed by atoms with van der Waals surface area (Å²) in [5.41, 5.74) is 0. The van der Waals surface area contributed by atoms with E-state index in [9.17, 15) is 4.20 Å². The minimum absolute atomic E-state index is 0.580. The molecule has 0 spiro atoms. The van der Waals surface area contributed by atoms with Crippen LogP contribution in [-0.4, -0.2) is 20.3 Å². The summed E-state index contributed by atoms with van der Waals surface area (Å²) in [5, 5.41) is 2.49. The monoisotopic (exact) mass is 125 g/mol. The van der Waals surface area contributed by atoms with Gasteiger partial charge in [-0.3, -0.25) is 5.09 Å². The fourth-order valence-electron chi connectivity index (χ4n) is 0.200. The van der Waals surface area contributed by atoms with Crippen molar-refractivity contribution in [3.05, 3.63) is 0 Å². The molecular weight excluding hydrogens is 116 g/mol. The molecule has 4 heteroatoms. The zero-order valence-corrected chi connectivity index (χ0v) is 5.20. The Hall–Kier alpha value is 0.280. The molecule has 0 saturated heterocycles. The highest BCUT2D eigenvalue weighted by Gasteiger charge is 1.79. The van der Waals surface area contributed by atoms with Gasteiger partial charge < -0.3 is 4.74 Å². The Kier molecular flexibility index (Phi) is 6.53. The summed E-state index contributed by atoms with van der Waals surface area (Å²) in [4.78, 5) is 0. The number of rotatable bonds is 4. The maximum Gasteiger partial charge on any atom is 0.139 e. The topological polar surface area (TPSA) is 21.3 Å². The van der Waals surface area contributed by atoms with E-state index in [4.69, 9.17) is 0 Å². The van der Waals surface area contributed by atoms with Crippen LogP contribution in [0.4, 0.5) is 4.20 Å². The maximum atomic E-state index is 11.2. The van der Waals surface area contributed by atoms with E-state index in [1.807, 2.05) is 0 Å². The van der Waals surface area contributed by atoms with Gasteiger partial charge in [0.2, 0.25) is 0 Å². The summed E-state index contributed by atoms with van der Waals surface area (Å²) in [7, 11) is 0.924. The van der Waals surface area contributed by atoms with Crippen LogP contribution in [0.5, 0.6) is 0 Å². The summed E-state index contributed by atoms with van der Waals surface area (Å²) in [6.45, 7) is 1.18. The molecule has 0 heterocycles. The Morgan fingerprint density at radius 3 is 3.00 bits per heavy atom. The summed E-state index contributed by atoms with van der Waals surface area (Å²) in [6.07, 6.45) is 0. The van der Waals surface area contributed by atoms with Gasteiger partial charge in [-0.05, 0) is 0 Å². The van der Waals surface area contributed by atoms with Crippen LogP contribution in [0.2, 0.25) is 0 Å². The summed E-state index contributed by atoms with van der Waals surface area (Å²) >= 11 is 0. The summed E-state index contributed by atoms with van der Waals surface area (Å²) in [6, 6.07) is 0. The Bertz CT molecular complexity index is 34.1. The number of ether oxygens (including phenoxy) is 1. The van der Waals surface area contributed by atoms with E-state index in [0.717, 1.165) is 0 Å². The molecule has 0 bridgehead atoms. The smallest absolute Gasteiger partial charge is 0.139 e. The van der Waals surface area contributed by atoms with E-state index in [2.05, 4.69) is 9.82 Å². The average Bonchev–Trinajstić information content (AvgIpc) is 1.69. The van der Waals surface area contributed by atoms with Crippen LogP contribution < -0.4 is 5.09 Å². The Labute approximate surface area is 44.4 Å². The average molecular weight is 125 g/mol. The highest BCUT2D eigenvalue weighted by molar-refractivity contribution is 7.29. The van der Waals surface area contributed by atoms with E-state index in [0.29, 0.717) is 13.2 Å². The van der Waals surface area contributed by atoms with Gasteiger partial charge >= 0.3 is 0 Å². The first-order valence-corrected chi connectivity index (χ1v) is 2.87. The fourth-order valence-corrected chi connectivity index (χ4v) is 0.397. The first-order valence-electron chi connectivity index (χ1n) is 1.99. The van der Waals surface area contributed by atoms with Gasteiger partial charge in [0, 0.05) is 13.7 Å². The van der Waals surface area contributed by atoms with Crippen molar-refractivity contribution in [2.24, 2.45) is 0 Å². The molecule has 0 radical (unpaired) electrons. The van der Waals surface area contributed by atoms with Gasteiger partial charge in [-0.1, -0.05) is 0 Å². The van der Waals surface area contributed by atoms with Gasteiger partial charge in [-0.15, -0.1) is 0 Å². The van der Waals surface area contributed by atoms with Gasteiger partial charge in [-0.25, -0.2) is 4.20 Å². The molecule has 0 aromatic carbocycles. The zero-order chi connectivity index (χ0) is 5.54. The molecule has 44 valence electrons. The molecule has 0 aliphatic carbocycles. The first kappa shape index (κ1) is 7.28. The molecule has 0 fully saturated rings. The molecular formula is C3H9FNOP. The van der Waals surface area contributed by atoms with Crippen molar-refractivity contribution in [2.45, 2.75) is 0 Å². The third-order valence-corrected chi connectivity index (χ3v) is 0.882. The largest absolute Gasteiger partial charge is 0.383 e. The molecule has 0 rings (SSSR count). The van der Waals surface area contributed by atoms with Gasteiger partial charge in [0.25, 0.3) is 0 Å². The third-order valence-electron chi connectivity index (χ3n) is 0.498. The van der Waals surface area contributed by atoms with Crippen LogP contribution in [0.15, 0.2) is 0 Å². The highest BCUT2D eigenvalue weighted by Crippen LogP contribution is 1.99. The second-order valence-corrected chi connectivity index (χ2v) is 1.56. The lowest BCUT2D eigenvalue weighted by Crippen LogP contribution is -2.07. The number of hydrogen-bond donors (Lipinski definition) is 1. The number of hydrogen-bond acceptors (Lipinski definition) is 2. The number of halogens is 1. The van der Waals surface area contributed by atoms with E-state index in [1.54, 1.807) is 7.11 Å². The van der Waals surface area contributed by atoms with Crippen LogP contribution in [0, 0.1) is 0 Å². The number of nitrogens with one attached hydrogen (secondary N) is 1. The van der Waals surface area contributed by atoms with E-state index in [-0.39, 0.29) is 0 Å². The lowest BCUT2D eigenvalue weighted by molar-refractivity contribution is 0.204. The zero-order valence-electron chi connectivity index (χ0n) is 4.20. The molecule has 0 aromatic heterocycles. The van der Waals surface area contributed by atoms with Gasteiger partial charge in [0.1, 0.15) is 9.04 Å². The molecule has 0 amide bonds. The van der Waals surface area contributed by atoms with E-state index >= 15 is 0 Å². The highest BCUT2D eigenvalue weighted by atomic mass is 31.1. The molecule has 1 unspecified atom stereocenters. The van der Waals surface area contributed by atoms with Crippen molar-refractivity contribution in [3.8, 4) is 0 Å². The SMILES string of the molecule is COCCNPF. The Balaban J connectivity index is 2.45. The second-order valence-electron chi connectivity index (χ2n) is 1.01. The van der Waals surface area contributed by atoms with E-state index < -0.39 is 9.04 Å². The van der Waals surface area contributed by atoms with Gasteiger partial charge in [-0.2, -0.15) is 0 Å². The summed E-state index contributed by atoms with van der Waals surface area (Å²) in [5.74, 6) is 0. The van der Waals surface area contributed by atoms with Crippen LogP contribution in [-0.2, 0) is 4.74 Å². The predicted octanol–water partition coefficient (Wildman–Crippen LogP) is 0.700. The third kappa shape index (κ3) is 6.28. The van der Waals surface area contributed by atoms with Crippen LogP contribution in [0.25, 0.3) is 0 Å². The molecule has 1 atom stereocenters. The predicted molar refractivity (Wildman–Crippen MR) is 29.3 cm³/mol. The van der Waals surface area contributed by atoms with Crippen molar-refractivity contribution in [1.29, 1.82) is 0 Å². The van der Waals surface area contributed by atoms with Crippen molar-refractivity contribution in [1.82, 2.24) is 5.09 Å². The first-order chi connectivity index (χ1) is 3.41. The molecule has 0 aliphatic heterocycles. The Morgan fingerprint density at radius 1 is 1.86 bits per heavy atom. The molecule has 7 heavy (non-hydrogen) atoms. The van der Waals surface area contributed by atoms with Crippen molar-refractivity contribution in [2.75, 3.05) is 20.3 Å². The fraction of sp³-hybridized carbons (Fsp3) is 1.00. The van der Waals surface area contributed by atoms with Gasteiger partial charge in [0.15, 0.2) is 0 Å². The summed E-state index contributed by atoms with van der Waals surface area (Å²) < 4.78 is 15.8. The molecule has 0 saturated carbocycles. The number of methoxy groups -OCH3 is 1. The maximum absolute atomic E-state index is 11.2. The van der Waals surface area contributed by atoms with Crippen molar-refractivity contribution in [3.63, 3.8) is 0 Å². The van der Waals surface area contributed by atoms with Crippen molar-refractivity contribution < 1.29 is 8.93 Å². The minimum Gasteiger partial charge on any atom is -0.383 e. The quantitative estimate of drug-likeness (QED) is 0.441. The molecule has 0 aromatic rings. The van der Waals surface area contributed by atoms with Crippen molar-refractivity contribution >= 4 is 9.04 Å². The van der Waals surface area contributed by atoms with Crippen LogP contribution >= 0.6 is 9.04 Å². The lowest BCUT2D eigenvalue weighted by atomic mass is 10.7. The molecule has 0 aliphatic rings. The Morgan fingerprint density at radius 2 is 2.57 bits per heavy atom. The molecule has 1 N–H and O–H groups in total.